The van der Waals surface area contributed by atoms with Crippen molar-refractivity contribution >= 4 is 11.8 Å². The van der Waals surface area contributed by atoms with Crippen LogP contribution in [0.25, 0.3) is 0 Å². The summed E-state index contributed by atoms with van der Waals surface area (Å²) in [6, 6.07) is 0. The Hall–Kier alpha value is -1.12. The zero-order valence-electron chi connectivity index (χ0n) is 16.7. The van der Waals surface area contributed by atoms with Gasteiger partial charge in [0.05, 0.1) is 0 Å². The number of ketones is 1. The lowest BCUT2D eigenvalue weighted by atomic mass is 9.46. The van der Waals surface area contributed by atoms with Crippen LogP contribution in [0.2, 0.25) is 0 Å². The van der Waals surface area contributed by atoms with E-state index in [2.05, 4.69) is 13.8 Å². The zero-order valence-corrected chi connectivity index (χ0v) is 16.7. The molecule has 146 valence electrons. The molecule has 0 aromatic carbocycles. The predicted octanol–water partition coefficient (Wildman–Crippen LogP) is 4.70. The van der Waals surface area contributed by atoms with Crippen molar-refractivity contribution in [1.29, 1.82) is 0 Å². The van der Waals surface area contributed by atoms with E-state index in [1.807, 2.05) is 6.08 Å². The largest absolute Gasteiger partial charge is 0.458 e. The lowest BCUT2D eigenvalue weighted by Gasteiger charge is -2.60. The van der Waals surface area contributed by atoms with E-state index in [0.717, 1.165) is 49.4 Å². The van der Waals surface area contributed by atoms with Gasteiger partial charge in [-0.2, -0.15) is 0 Å². The van der Waals surface area contributed by atoms with E-state index in [1.54, 1.807) is 0 Å². The molecule has 6 aliphatic rings. The maximum absolute atomic E-state index is 12.2. The fraction of sp³-hybridized carbons (Fsp3) is 0.833. The molecular formula is C24H32O3. The maximum Gasteiger partial charge on any atom is 0.306 e. The van der Waals surface area contributed by atoms with Gasteiger partial charge in [-0.1, -0.05) is 19.4 Å². The van der Waals surface area contributed by atoms with Crippen LogP contribution in [-0.4, -0.2) is 17.4 Å². The van der Waals surface area contributed by atoms with Crippen LogP contribution in [0.1, 0.15) is 71.6 Å². The summed E-state index contributed by atoms with van der Waals surface area (Å²) in [5, 5.41) is 0. The summed E-state index contributed by atoms with van der Waals surface area (Å²) in [5.74, 6) is 5.42. The molecule has 0 bridgehead atoms. The first-order valence-electron chi connectivity index (χ1n) is 11.5. The van der Waals surface area contributed by atoms with Crippen LogP contribution >= 0.6 is 0 Å². The number of carbonyl (C=O) groups is 2. The summed E-state index contributed by atoms with van der Waals surface area (Å²) in [4.78, 5) is 24.2. The molecule has 1 aliphatic heterocycles. The standard InChI is InChI=1S/C24H32O3/c1-3-23-8-6-17-16-5-4-15(25)11-14(16)10-13(2)21(17)22(23)18-12-19(18)24(23)9-7-20(26)27-24/h11,13,16-19,21-22H,3-10,12H2,1-2H3/t13-,16?,17?,18?,19+,21?,22?,23?,24?/m0/s1. The van der Waals surface area contributed by atoms with Gasteiger partial charge in [-0.3, -0.25) is 9.59 Å². The van der Waals surface area contributed by atoms with E-state index in [0.29, 0.717) is 30.0 Å². The van der Waals surface area contributed by atoms with Crippen molar-refractivity contribution in [2.45, 2.75) is 77.2 Å². The molecule has 5 aliphatic carbocycles. The molecule has 5 fully saturated rings. The number of carbonyl (C=O) groups excluding carboxylic acids is 2. The first kappa shape index (κ1) is 16.8. The van der Waals surface area contributed by atoms with Crippen molar-refractivity contribution in [1.82, 2.24) is 0 Å². The van der Waals surface area contributed by atoms with Crippen LogP contribution in [-0.2, 0) is 14.3 Å². The second-order valence-electron chi connectivity index (χ2n) is 10.7. The number of hydrogen-bond acceptors (Lipinski definition) is 3. The highest BCUT2D eigenvalue weighted by Crippen LogP contribution is 2.79. The number of esters is 1. The normalized spacial score (nSPS) is 55.3. The number of fused-ring (bicyclic) bond motifs is 9. The second-order valence-corrected chi connectivity index (χ2v) is 10.7. The van der Waals surface area contributed by atoms with Gasteiger partial charge in [0.15, 0.2) is 5.78 Å². The van der Waals surface area contributed by atoms with Gasteiger partial charge < -0.3 is 4.74 Å². The smallest absolute Gasteiger partial charge is 0.306 e. The van der Waals surface area contributed by atoms with Gasteiger partial charge in [-0.05, 0) is 86.5 Å². The topological polar surface area (TPSA) is 43.4 Å². The lowest BCUT2D eigenvalue weighted by Crippen LogP contribution is -2.57. The third-order valence-electron chi connectivity index (χ3n) is 10.1. The molecule has 1 heterocycles. The SMILES string of the molecule is CCC12CCC3C4CCC(=O)C=C4C[C@H](C)C3C1C1C[C@H]1C21CCC(=O)O1. The van der Waals surface area contributed by atoms with E-state index in [1.165, 1.54) is 31.3 Å². The third-order valence-corrected chi connectivity index (χ3v) is 10.1. The van der Waals surface area contributed by atoms with Crippen molar-refractivity contribution in [3.05, 3.63) is 11.6 Å². The average molecular weight is 369 g/mol. The lowest BCUT2D eigenvalue weighted by molar-refractivity contribution is -0.181. The van der Waals surface area contributed by atoms with Crippen LogP contribution < -0.4 is 0 Å². The molecule has 1 saturated heterocycles. The minimum absolute atomic E-state index is 0.0592. The monoisotopic (exact) mass is 368 g/mol. The molecule has 3 nitrogen and oxygen atoms in total. The van der Waals surface area contributed by atoms with Crippen LogP contribution in [0, 0.1) is 46.8 Å². The second kappa shape index (κ2) is 5.27. The Bertz CT molecular complexity index is 753. The Morgan fingerprint density at radius 2 is 2.00 bits per heavy atom. The van der Waals surface area contributed by atoms with Crippen molar-refractivity contribution in [2.24, 2.45) is 46.8 Å². The molecule has 0 amide bonds. The molecule has 3 heteroatoms. The van der Waals surface area contributed by atoms with Gasteiger partial charge in [-0.25, -0.2) is 0 Å². The number of hydrogen-bond donors (Lipinski definition) is 0. The summed E-state index contributed by atoms with van der Waals surface area (Å²) in [7, 11) is 0. The molecule has 0 aromatic rings. The molecule has 0 aromatic heterocycles. The Morgan fingerprint density at radius 1 is 1.15 bits per heavy atom. The molecule has 0 N–H and O–H groups in total. The van der Waals surface area contributed by atoms with Crippen LogP contribution in [0.3, 0.4) is 0 Å². The van der Waals surface area contributed by atoms with E-state index in [9.17, 15) is 9.59 Å². The Balaban J connectivity index is 1.42. The van der Waals surface area contributed by atoms with E-state index in [4.69, 9.17) is 4.74 Å². The summed E-state index contributed by atoms with van der Waals surface area (Å²) in [5.41, 5.74) is 1.57. The third kappa shape index (κ3) is 1.90. The molecule has 6 rings (SSSR count). The molecule has 27 heavy (non-hydrogen) atoms. The summed E-state index contributed by atoms with van der Waals surface area (Å²) < 4.78 is 6.27. The molecular weight excluding hydrogens is 336 g/mol. The van der Waals surface area contributed by atoms with Crippen molar-refractivity contribution in [3.63, 3.8) is 0 Å². The van der Waals surface area contributed by atoms with Crippen molar-refractivity contribution in [3.8, 4) is 0 Å². The minimum atomic E-state index is -0.127. The molecule has 4 saturated carbocycles. The first-order valence-corrected chi connectivity index (χ1v) is 11.5. The van der Waals surface area contributed by atoms with Gasteiger partial charge in [-0.15, -0.1) is 0 Å². The fourth-order valence-electron chi connectivity index (χ4n) is 9.36. The van der Waals surface area contributed by atoms with Crippen LogP contribution in [0.4, 0.5) is 0 Å². The first-order chi connectivity index (χ1) is 13.0. The van der Waals surface area contributed by atoms with Gasteiger partial charge in [0, 0.05) is 24.2 Å². The van der Waals surface area contributed by atoms with Gasteiger partial charge in [0.25, 0.3) is 0 Å². The van der Waals surface area contributed by atoms with E-state index in [-0.39, 0.29) is 17.0 Å². The minimum Gasteiger partial charge on any atom is -0.458 e. The molecule has 9 atom stereocenters. The highest BCUT2D eigenvalue weighted by molar-refractivity contribution is 5.91. The highest BCUT2D eigenvalue weighted by Gasteiger charge is 2.79. The van der Waals surface area contributed by atoms with Gasteiger partial charge >= 0.3 is 5.97 Å². The average Bonchev–Trinajstić information content (AvgIpc) is 3.30. The van der Waals surface area contributed by atoms with Crippen LogP contribution in [0.5, 0.6) is 0 Å². The summed E-state index contributed by atoms with van der Waals surface area (Å²) in [6.07, 6.45) is 11.6. The van der Waals surface area contributed by atoms with E-state index >= 15 is 0 Å². The van der Waals surface area contributed by atoms with Gasteiger partial charge in [0.2, 0.25) is 0 Å². The number of rotatable bonds is 1. The predicted molar refractivity (Wildman–Crippen MR) is 102 cm³/mol. The maximum atomic E-state index is 12.2. The fourth-order valence-corrected chi connectivity index (χ4v) is 9.36. The number of ether oxygens (including phenoxy) is 1. The molecule has 1 spiro atoms. The highest BCUT2D eigenvalue weighted by atomic mass is 16.6. The number of allylic oxidation sites excluding steroid dienone is 1. The Labute approximate surface area is 162 Å². The summed E-state index contributed by atoms with van der Waals surface area (Å²) >= 11 is 0. The molecule has 7 unspecified atom stereocenters. The summed E-state index contributed by atoms with van der Waals surface area (Å²) in [6.45, 7) is 4.81. The van der Waals surface area contributed by atoms with Gasteiger partial charge in [0.1, 0.15) is 5.60 Å². The van der Waals surface area contributed by atoms with Crippen LogP contribution in [0.15, 0.2) is 11.6 Å². The Morgan fingerprint density at radius 3 is 2.74 bits per heavy atom. The molecule has 0 radical (unpaired) electrons. The van der Waals surface area contributed by atoms with Crippen molar-refractivity contribution < 1.29 is 14.3 Å². The Kier molecular flexibility index (Phi) is 3.28. The van der Waals surface area contributed by atoms with Crippen molar-refractivity contribution in [2.75, 3.05) is 0 Å². The zero-order chi connectivity index (χ0) is 18.6. The quantitative estimate of drug-likeness (QED) is 0.630. The van der Waals surface area contributed by atoms with E-state index < -0.39 is 0 Å².